The number of hydrogen-bond donors (Lipinski definition) is 3. The number of carbonyl (C=O) groups excluding carboxylic acids is 4. The lowest BCUT2D eigenvalue weighted by Crippen LogP contribution is -2.35. The largest absolute Gasteiger partial charge is 0.484 e. The Morgan fingerprint density at radius 1 is 0.793 bits per heavy atom. The molecule has 0 unspecified atom stereocenters. The molecule has 29 heavy (non-hydrogen) atoms. The number of amides is 3. The molecule has 2 rings (SSSR count). The van der Waals surface area contributed by atoms with Crippen molar-refractivity contribution in [2.45, 2.75) is 6.92 Å². The third-order valence-electron chi connectivity index (χ3n) is 3.40. The fourth-order valence-electron chi connectivity index (χ4n) is 2.12. The monoisotopic (exact) mass is 399 g/mol. The average Bonchev–Trinajstić information content (AvgIpc) is 2.71. The van der Waals surface area contributed by atoms with E-state index in [2.05, 4.69) is 16.0 Å². The topological polar surface area (TPSA) is 123 Å². The van der Waals surface area contributed by atoms with Gasteiger partial charge in [-0.1, -0.05) is 18.2 Å². The number of rotatable bonds is 9. The van der Waals surface area contributed by atoms with Crippen LogP contribution >= 0.6 is 0 Å². The quantitative estimate of drug-likeness (QED) is 0.547. The van der Waals surface area contributed by atoms with E-state index in [1.165, 1.54) is 6.92 Å². The third kappa shape index (κ3) is 8.57. The predicted octanol–water partition coefficient (Wildman–Crippen LogP) is 1.32. The molecule has 3 amide bonds. The molecule has 2 aromatic rings. The van der Waals surface area contributed by atoms with Crippen molar-refractivity contribution in [1.29, 1.82) is 0 Å². The number of benzene rings is 2. The first kappa shape index (κ1) is 21.4. The molecule has 0 aliphatic heterocycles. The number of para-hydroxylation sites is 1. The number of anilines is 2. The van der Waals surface area contributed by atoms with E-state index in [0.29, 0.717) is 17.1 Å². The number of esters is 1. The van der Waals surface area contributed by atoms with Gasteiger partial charge in [0.25, 0.3) is 11.8 Å². The summed E-state index contributed by atoms with van der Waals surface area (Å²) in [5.41, 5.74) is 1.07. The van der Waals surface area contributed by atoms with Crippen LogP contribution in [-0.2, 0) is 23.9 Å². The van der Waals surface area contributed by atoms with E-state index in [4.69, 9.17) is 9.47 Å². The van der Waals surface area contributed by atoms with E-state index in [1.54, 1.807) is 48.5 Å². The van der Waals surface area contributed by atoms with Crippen LogP contribution in [0.2, 0.25) is 0 Å². The van der Waals surface area contributed by atoms with Gasteiger partial charge in [0, 0.05) is 18.3 Å². The van der Waals surface area contributed by atoms with Crippen LogP contribution in [0.5, 0.6) is 5.75 Å². The first-order chi connectivity index (χ1) is 13.9. The first-order valence-corrected chi connectivity index (χ1v) is 8.70. The zero-order valence-corrected chi connectivity index (χ0v) is 15.8. The summed E-state index contributed by atoms with van der Waals surface area (Å²) in [5, 5.41) is 7.49. The van der Waals surface area contributed by atoms with Gasteiger partial charge in [0.15, 0.2) is 13.2 Å². The molecule has 0 saturated carbocycles. The van der Waals surface area contributed by atoms with E-state index in [-0.39, 0.29) is 19.1 Å². The van der Waals surface area contributed by atoms with Gasteiger partial charge in [-0.05, 0) is 36.4 Å². The Kier molecular flexibility index (Phi) is 8.18. The number of nitrogens with one attached hydrogen (secondary N) is 3. The summed E-state index contributed by atoms with van der Waals surface area (Å²) in [6, 6.07) is 15.2. The Hall–Kier alpha value is -3.88. The van der Waals surface area contributed by atoms with Crippen LogP contribution in [0.15, 0.2) is 54.6 Å². The molecule has 9 heteroatoms. The van der Waals surface area contributed by atoms with Crippen molar-refractivity contribution in [3.05, 3.63) is 54.6 Å². The van der Waals surface area contributed by atoms with Gasteiger partial charge in [-0.2, -0.15) is 0 Å². The molecule has 0 atom stereocenters. The van der Waals surface area contributed by atoms with Crippen molar-refractivity contribution in [1.82, 2.24) is 5.32 Å². The summed E-state index contributed by atoms with van der Waals surface area (Å²) in [6.45, 7) is 0.271. The van der Waals surface area contributed by atoms with E-state index < -0.39 is 24.4 Å². The van der Waals surface area contributed by atoms with Crippen LogP contribution in [0.1, 0.15) is 6.92 Å². The highest BCUT2D eigenvalue weighted by Crippen LogP contribution is 2.13. The molecule has 0 fully saturated rings. The van der Waals surface area contributed by atoms with Gasteiger partial charge in [0.05, 0.1) is 0 Å². The fraction of sp³-hybridized carbons (Fsp3) is 0.200. The van der Waals surface area contributed by atoms with Gasteiger partial charge >= 0.3 is 5.97 Å². The van der Waals surface area contributed by atoms with Crippen LogP contribution in [0, 0.1) is 0 Å². The van der Waals surface area contributed by atoms with Gasteiger partial charge in [0.1, 0.15) is 12.3 Å². The lowest BCUT2D eigenvalue weighted by molar-refractivity contribution is -0.147. The maximum Gasteiger partial charge on any atom is 0.325 e. The zero-order valence-electron chi connectivity index (χ0n) is 15.8. The molecule has 0 spiro atoms. The highest BCUT2D eigenvalue weighted by molar-refractivity contribution is 5.94. The minimum Gasteiger partial charge on any atom is -0.484 e. The molecule has 2 aromatic carbocycles. The standard InChI is InChI=1S/C20H21N3O6/c1-14(24)22-15-7-9-16(10-8-15)23-19(26)13-29-20(27)11-21-18(25)12-28-17-5-3-2-4-6-17/h2-10H,11-13H2,1H3,(H,21,25)(H,22,24)(H,23,26). The van der Waals surface area contributed by atoms with E-state index in [9.17, 15) is 19.2 Å². The molecular formula is C20H21N3O6. The Morgan fingerprint density at radius 3 is 2.03 bits per heavy atom. The normalized spacial score (nSPS) is 9.83. The zero-order chi connectivity index (χ0) is 21.1. The second-order valence-corrected chi connectivity index (χ2v) is 5.85. The summed E-state index contributed by atoms with van der Waals surface area (Å²) in [4.78, 5) is 46.0. The van der Waals surface area contributed by atoms with Crippen LogP contribution in [0.4, 0.5) is 11.4 Å². The highest BCUT2D eigenvalue weighted by atomic mass is 16.5. The number of ether oxygens (including phenoxy) is 2. The van der Waals surface area contributed by atoms with Gasteiger partial charge < -0.3 is 25.4 Å². The molecule has 0 aliphatic carbocycles. The highest BCUT2D eigenvalue weighted by Gasteiger charge is 2.10. The molecule has 3 N–H and O–H groups in total. The summed E-state index contributed by atoms with van der Waals surface area (Å²) in [6.07, 6.45) is 0. The molecule has 0 radical (unpaired) electrons. The molecular weight excluding hydrogens is 378 g/mol. The smallest absolute Gasteiger partial charge is 0.325 e. The SMILES string of the molecule is CC(=O)Nc1ccc(NC(=O)COC(=O)CNC(=O)COc2ccccc2)cc1. The molecule has 0 aliphatic rings. The van der Waals surface area contributed by atoms with Crippen LogP contribution in [0.3, 0.4) is 0 Å². The summed E-state index contributed by atoms with van der Waals surface area (Å²) < 4.78 is 10.0. The van der Waals surface area contributed by atoms with Gasteiger partial charge in [-0.15, -0.1) is 0 Å². The molecule has 152 valence electrons. The Bertz CT molecular complexity index is 852. The first-order valence-electron chi connectivity index (χ1n) is 8.70. The summed E-state index contributed by atoms with van der Waals surface area (Å²) in [7, 11) is 0. The van der Waals surface area contributed by atoms with Gasteiger partial charge in [-0.3, -0.25) is 19.2 Å². The number of hydrogen-bond acceptors (Lipinski definition) is 6. The lowest BCUT2D eigenvalue weighted by atomic mass is 10.2. The predicted molar refractivity (Wildman–Crippen MR) is 105 cm³/mol. The number of carbonyl (C=O) groups is 4. The summed E-state index contributed by atoms with van der Waals surface area (Å²) in [5.74, 6) is -1.45. The fourth-order valence-corrected chi connectivity index (χ4v) is 2.12. The third-order valence-corrected chi connectivity index (χ3v) is 3.40. The Labute approximate surface area is 167 Å². The van der Waals surface area contributed by atoms with E-state index in [0.717, 1.165) is 0 Å². The van der Waals surface area contributed by atoms with Crippen molar-refractivity contribution < 1.29 is 28.7 Å². The van der Waals surface area contributed by atoms with Crippen molar-refractivity contribution in [2.75, 3.05) is 30.4 Å². The van der Waals surface area contributed by atoms with E-state index >= 15 is 0 Å². The van der Waals surface area contributed by atoms with E-state index in [1.807, 2.05) is 6.07 Å². The van der Waals surface area contributed by atoms with Crippen LogP contribution < -0.4 is 20.7 Å². The van der Waals surface area contributed by atoms with Crippen LogP contribution in [-0.4, -0.2) is 43.4 Å². The molecule has 0 aromatic heterocycles. The van der Waals surface area contributed by atoms with Gasteiger partial charge in [-0.25, -0.2) is 0 Å². The molecule has 9 nitrogen and oxygen atoms in total. The molecule has 0 saturated heterocycles. The van der Waals surface area contributed by atoms with Gasteiger partial charge in [0.2, 0.25) is 5.91 Å². The minimum absolute atomic E-state index is 0.201. The maximum absolute atomic E-state index is 11.8. The average molecular weight is 399 g/mol. The summed E-state index contributed by atoms with van der Waals surface area (Å²) >= 11 is 0. The molecule has 0 bridgehead atoms. The molecule has 0 heterocycles. The maximum atomic E-state index is 11.8. The van der Waals surface area contributed by atoms with Crippen molar-refractivity contribution in [3.8, 4) is 5.75 Å². The Balaban J connectivity index is 1.63. The van der Waals surface area contributed by atoms with Crippen molar-refractivity contribution in [3.63, 3.8) is 0 Å². The minimum atomic E-state index is -0.755. The second kappa shape index (κ2) is 11.1. The van der Waals surface area contributed by atoms with Crippen molar-refractivity contribution in [2.24, 2.45) is 0 Å². The van der Waals surface area contributed by atoms with Crippen LogP contribution in [0.25, 0.3) is 0 Å². The second-order valence-electron chi connectivity index (χ2n) is 5.85. The Morgan fingerprint density at radius 2 is 1.41 bits per heavy atom. The lowest BCUT2D eigenvalue weighted by Gasteiger charge is -2.09. The van der Waals surface area contributed by atoms with Crippen molar-refractivity contribution >= 4 is 35.1 Å².